The van der Waals surface area contributed by atoms with Crippen LogP contribution in [0.4, 0.5) is 0 Å². The summed E-state index contributed by atoms with van der Waals surface area (Å²) in [4.78, 5) is 19.6. The van der Waals surface area contributed by atoms with Crippen LogP contribution in [0.3, 0.4) is 0 Å². The van der Waals surface area contributed by atoms with Crippen LogP contribution in [0.5, 0.6) is 0 Å². The predicted octanol–water partition coefficient (Wildman–Crippen LogP) is 1.75. The number of morpholine rings is 1. The number of carbonyl (C=O) groups excluding carboxylic acids is 1. The fourth-order valence-electron chi connectivity index (χ4n) is 3.77. The molecule has 0 saturated carbocycles. The molecule has 1 amide bonds. The molecular weight excluding hydrogens is 314 g/mol. The van der Waals surface area contributed by atoms with Crippen molar-refractivity contribution in [3.8, 4) is 0 Å². The molecule has 25 heavy (non-hydrogen) atoms. The summed E-state index contributed by atoms with van der Waals surface area (Å²) in [6.07, 6.45) is 1.12. The highest BCUT2D eigenvalue weighted by Gasteiger charge is 2.28. The van der Waals surface area contributed by atoms with Gasteiger partial charge < -0.3 is 9.64 Å². The Morgan fingerprint density at radius 3 is 2.60 bits per heavy atom. The first-order chi connectivity index (χ1) is 12.1. The van der Waals surface area contributed by atoms with Crippen LogP contribution in [0.15, 0.2) is 24.3 Å². The van der Waals surface area contributed by atoms with Crippen LogP contribution in [-0.2, 0) is 16.1 Å². The van der Waals surface area contributed by atoms with Gasteiger partial charge in [0.2, 0.25) is 5.91 Å². The molecule has 2 aliphatic rings. The highest BCUT2D eigenvalue weighted by atomic mass is 16.5. The van der Waals surface area contributed by atoms with E-state index >= 15 is 0 Å². The predicted molar refractivity (Wildman–Crippen MR) is 99.5 cm³/mol. The van der Waals surface area contributed by atoms with Gasteiger partial charge in [-0.25, -0.2) is 0 Å². The van der Waals surface area contributed by atoms with E-state index in [0.29, 0.717) is 13.2 Å². The third kappa shape index (κ3) is 4.81. The van der Waals surface area contributed by atoms with Crippen molar-refractivity contribution >= 4 is 5.91 Å². The van der Waals surface area contributed by atoms with E-state index in [-0.39, 0.29) is 11.9 Å². The molecule has 2 fully saturated rings. The molecule has 0 radical (unpaired) electrons. The molecule has 1 aromatic carbocycles. The van der Waals surface area contributed by atoms with Crippen LogP contribution in [0.25, 0.3) is 0 Å². The van der Waals surface area contributed by atoms with Gasteiger partial charge in [-0.3, -0.25) is 14.6 Å². The summed E-state index contributed by atoms with van der Waals surface area (Å²) in [5.41, 5.74) is 2.77. The van der Waals surface area contributed by atoms with Gasteiger partial charge >= 0.3 is 0 Å². The molecule has 2 aliphatic heterocycles. The molecule has 0 spiro atoms. The fourth-order valence-corrected chi connectivity index (χ4v) is 3.77. The van der Waals surface area contributed by atoms with Crippen molar-refractivity contribution in [1.82, 2.24) is 14.7 Å². The standard InChI is InChI=1S/C20H31N3O2/c1-17-6-3-4-7-19(17)16-21-8-5-9-22(11-10-21)18(2)20(24)23-12-14-25-15-13-23/h3-4,6-7,18H,5,8-16H2,1-2H3/t18-/m0/s1. The molecule has 138 valence electrons. The van der Waals surface area contributed by atoms with Gasteiger partial charge in [-0.2, -0.15) is 0 Å². The highest BCUT2D eigenvalue weighted by molar-refractivity contribution is 5.81. The van der Waals surface area contributed by atoms with Crippen LogP contribution >= 0.6 is 0 Å². The van der Waals surface area contributed by atoms with E-state index in [9.17, 15) is 4.79 Å². The minimum Gasteiger partial charge on any atom is -0.378 e. The van der Waals surface area contributed by atoms with E-state index < -0.39 is 0 Å². The van der Waals surface area contributed by atoms with Crippen molar-refractivity contribution in [2.45, 2.75) is 32.9 Å². The third-order valence-electron chi connectivity index (χ3n) is 5.51. The van der Waals surface area contributed by atoms with E-state index in [1.807, 2.05) is 4.90 Å². The Balaban J connectivity index is 1.54. The average Bonchev–Trinajstić information content (AvgIpc) is 2.89. The molecule has 0 aromatic heterocycles. The Labute approximate surface area is 151 Å². The van der Waals surface area contributed by atoms with Gasteiger partial charge in [-0.15, -0.1) is 0 Å². The lowest BCUT2D eigenvalue weighted by molar-refractivity contribution is -0.140. The number of nitrogens with zero attached hydrogens (tertiary/aromatic N) is 3. The average molecular weight is 345 g/mol. The molecule has 2 saturated heterocycles. The molecule has 0 N–H and O–H groups in total. The van der Waals surface area contributed by atoms with Gasteiger partial charge in [-0.1, -0.05) is 24.3 Å². The van der Waals surface area contributed by atoms with Crippen LogP contribution in [0, 0.1) is 6.92 Å². The maximum absolute atomic E-state index is 12.7. The number of carbonyl (C=O) groups is 1. The van der Waals surface area contributed by atoms with Crippen LogP contribution in [0.2, 0.25) is 0 Å². The smallest absolute Gasteiger partial charge is 0.239 e. The van der Waals surface area contributed by atoms with Crippen LogP contribution < -0.4 is 0 Å². The molecule has 0 unspecified atom stereocenters. The molecular formula is C20H31N3O2. The van der Waals surface area contributed by atoms with Crippen molar-refractivity contribution in [3.63, 3.8) is 0 Å². The summed E-state index contributed by atoms with van der Waals surface area (Å²) in [5.74, 6) is 0.260. The zero-order valence-electron chi connectivity index (χ0n) is 15.6. The Hall–Kier alpha value is -1.43. The largest absolute Gasteiger partial charge is 0.378 e. The fraction of sp³-hybridized carbons (Fsp3) is 0.650. The first kappa shape index (κ1) is 18.4. The van der Waals surface area contributed by atoms with Crippen LogP contribution in [0.1, 0.15) is 24.5 Å². The Morgan fingerprint density at radius 2 is 1.84 bits per heavy atom. The van der Waals surface area contributed by atoms with Gasteiger partial charge in [-0.05, 0) is 37.9 Å². The number of benzene rings is 1. The van der Waals surface area contributed by atoms with Crippen LogP contribution in [-0.4, -0.2) is 79.1 Å². The summed E-state index contributed by atoms with van der Waals surface area (Å²) in [6, 6.07) is 8.60. The lowest BCUT2D eigenvalue weighted by Gasteiger charge is -2.34. The van der Waals surface area contributed by atoms with Gasteiger partial charge in [0.05, 0.1) is 19.3 Å². The minimum atomic E-state index is -0.0310. The number of aryl methyl sites for hydroxylation is 1. The van der Waals surface area contributed by atoms with Gasteiger partial charge in [0.25, 0.3) is 0 Å². The number of hydrogen-bond acceptors (Lipinski definition) is 4. The first-order valence-corrected chi connectivity index (χ1v) is 9.52. The molecule has 5 nitrogen and oxygen atoms in total. The second-order valence-electron chi connectivity index (χ2n) is 7.21. The summed E-state index contributed by atoms with van der Waals surface area (Å²) in [6.45, 7) is 12.1. The van der Waals surface area contributed by atoms with E-state index in [1.54, 1.807) is 0 Å². The topological polar surface area (TPSA) is 36.0 Å². The van der Waals surface area contributed by atoms with Gasteiger partial charge in [0, 0.05) is 39.3 Å². The summed E-state index contributed by atoms with van der Waals surface area (Å²) in [5, 5.41) is 0. The number of amides is 1. The molecule has 1 aromatic rings. The van der Waals surface area contributed by atoms with Crippen molar-refractivity contribution < 1.29 is 9.53 Å². The molecule has 3 rings (SSSR count). The lowest BCUT2D eigenvalue weighted by Crippen LogP contribution is -2.51. The quantitative estimate of drug-likeness (QED) is 0.833. The summed E-state index contributed by atoms with van der Waals surface area (Å²) >= 11 is 0. The maximum Gasteiger partial charge on any atom is 0.239 e. The highest BCUT2D eigenvalue weighted by Crippen LogP contribution is 2.15. The second kappa shape index (κ2) is 8.79. The normalized spacial score (nSPS) is 21.8. The summed E-state index contributed by atoms with van der Waals surface area (Å²) in [7, 11) is 0. The molecule has 2 heterocycles. The third-order valence-corrected chi connectivity index (χ3v) is 5.51. The van der Waals surface area contributed by atoms with Crippen molar-refractivity contribution in [2.75, 3.05) is 52.5 Å². The zero-order chi connectivity index (χ0) is 17.6. The van der Waals surface area contributed by atoms with Gasteiger partial charge in [0.15, 0.2) is 0 Å². The van der Waals surface area contributed by atoms with Crippen molar-refractivity contribution in [2.24, 2.45) is 0 Å². The Morgan fingerprint density at radius 1 is 1.08 bits per heavy atom. The number of ether oxygens (including phenoxy) is 1. The van der Waals surface area contributed by atoms with Crippen molar-refractivity contribution in [1.29, 1.82) is 0 Å². The Kier molecular flexibility index (Phi) is 6.45. The number of hydrogen-bond donors (Lipinski definition) is 0. The summed E-state index contributed by atoms with van der Waals surface area (Å²) < 4.78 is 5.36. The van der Waals surface area contributed by atoms with Gasteiger partial charge in [0.1, 0.15) is 0 Å². The SMILES string of the molecule is Cc1ccccc1CN1CCCN([C@@H](C)C(=O)N2CCOCC2)CC1. The zero-order valence-corrected chi connectivity index (χ0v) is 15.6. The number of rotatable bonds is 4. The second-order valence-corrected chi connectivity index (χ2v) is 7.21. The van der Waals surface area contributed by atoms with E-state index in [2.05, 4.69) is 47.9 Å². The molecule has 5 heteroatoms. The van der Waals surface area contributed by atoms with E-state index in [4.69, 9.17) is 4.74 Å². The maximum atomic E-state index is 12.7. The van der Waals surface area contributed by atoms with E-state index in [0.717, 1.165) is 52.2 Å². The first-order valence-electron chi connectivity index (χ1n) is 9.52. The Bertz CT molecular complexity index is 572. The molecule has 0 bridgehead atoms. The molecule has 1 atom stereocenters. The lowest BCUT2D eigenvalue weighted by atomic mass is 10.1. The molecule has 0 aliphatic carbocycles. The monoisotopic (exact) mass is 345 g/mol. The van der Waals surface area contributed by atoms with E-state index in [1.165, 1.54) is 11.1 Å². The van der Waals surface area contributed by atoms with Crippen molar-refractivity contribution in [3.05, 3.63) is 35.4 Å². The minimum absolute atomic E-state index is 0.0310.